The Morgan fingerprint density at radius 1 is 0.812 bits per heavy atom. The lowest BCUT2D eigenvalue weighted by atomic mass is 10.1. The lowest BCUT2D eigenvalue weighted by Crippen LogP contribution is -2.22. The number of hydrogen-bond acceptors (Lipinski definition) is 5. The van der Waals surface area contributed by atoms with Gasteiger partial charge in [0.2, 0.25) is 0 Å². The van der Waals surface area contributed by atoms with E-state index >= 15 is 0 Å². The summed E-state index contributed by atoms with van der Waals surface area (Å²) in [6, 6.07) is 19.4. The minimum absolute atomic E-state index is 0.294. The van der Waals surface area contributed by atoms with Crippen LogP contribution in [-0.2, 0) is 0 Å². The molecule has 2 amide bonds. The van der Waals surface area contributed by atoms with Gasteiger partial charge in [-0.25, -0.2) is 5.43 Å². The second-order valence-electron chi connectivity index (χ2n) is 7.08. The smallest absolute Gasteiger partial charge is 0.273 e. The van der Waals surface area contributed by atoms with Gasteiger partial charge in [0, 0.05) is 5.56 Å². The molecule has 0 radical (unpaired) electrons. The van der Waals surface area contributed by atoms with Gasteiger partial charge in [0.05, 0.1) is 31.2 Å². The molecule has 0 aliphatic heterocycles. The van der Waals surface area contributed by atoms with E-state index in [4.69, 9.17) is 9.47 Å². The number of amides is 2. The standard InChI is InChI=1S/C25H25N3O4/c1-16-8-7-9-18(14-16)17(2)27-28-25(30)20-10-5-6-11-21(20)26-24(29)19-12-13-22(31-3)23(15-19)32-4/h5-15H,1-4H3,(H,26,29)(H,28,30)/b27-17+. The van der Waals surface area contributed by atoms with E-state index in [1.807, 2.05) is 38.1 Å². The van der Waals surface area contributed by atoms with Crippen molar-refractivity contribution in [1.82, 2.24) is 5.43 Å². The SMILES string of the molecule is COc1ccc(C(=O)Nc2ccccc2C(=O)N/N=C(\C)c2cccc(C)c2)cc1OC. The maximum atomic E-state index is 12.8. The molecule has 0 aromatic heterocycles. The molecule has 32 heavy (non-hydrogen) atoms. The van der Waals surface area contributed by atoms with Crippen LogP contribution in [0.1, 0.15) is 38.8 Å². The number of nitrogens with one attached hydrogen (secondary N) is 2. The lowest BCUT2D eigenvalue weighted by molar-refractivity contribution is 0.0955. The number of ether oxygens (including phenoxy) is 2. The summed E-state index contributed by atoms with van der Waals surface area (Å²) in [6.45, 7) is 3.81. The van der Waals surface area contributed by atoms with Crippen LogP contribution in [0.5, 0.6) is 11.5 Å². The van der Waals surface area contributed by atoms with E-state index in [-0.39, 0.29) is 5.91 Å². The fourth-order valence-electron chi connectivity index (χ4n) is 3.09. The van der Waals surface area contributed by atoms with Crippen molar-refractivity contribution in [3.8, 4) is 11.5 Å². The van der Waals surface area contributed by atoms with Crippen molar-refractivity contribution >= 4 is 23.2 Å². The number of para-hydroxylation sites is 1. The van der Waals surface area contributed by atoms with E-state index in [0.717, 1.165) is 11.1 Å². The molecule has 7 nitrogen and oxygen atoms in total. The van der Waals surface area contributed by atoms with Crippen molar-refractivity contribution in [2.45, 2.75) is 13.8 Å². The van der Waals surface area contributed by atoms with E-state index in [9.17, 15) is 9.59 Å². The average molecular weight is 431 g/mol. The van der Waals surface area contributed by atoms with Crippen LogP contribution in [0, 0.1) is 6.92 Å². The van der Waals surface area contributed by atoms with Crippen LogP contribution in [0.3, 0.4) is 0 Å². The number of carbonyl (C=O) groups excluding carboxylic acids is 2. The molecule has 0 unspecified atom stereocenters. The van der Waals surface area contributed by atoms with Gasteiger partial charge in [-0.3, -0.25) is 9.59 Å². The first-order valence-electron chi connectivity index (χ1n) is 9.97. The molecule has 164 valence electrons. The molecular weight excluding hydrogens is 406 g/mol. The topological polar surface area (TPSA) is 89.0 Å². The summed E-state index contributed by atoms with van der Waals surface area (Å²) in [4.78, 5) is 25.5. The number of anilines is 1. The van der Waals surface area contributed by atoms with Gasteiger partial charge in [-0.2, -0.15) is 5.10 Å². The molecule has 0 heterocycles. The van der Waals surface area contributed by atoms with Gasteiger partial charge < -0.3 is 14.8 Å². The zero-order valence-corrected chi connectivity index (χ0v) is 18.4. The number of hydrogen-bond donors (Lipinski definition) is 2. The summed E-state index contributed by atoms with van der Waals surface area (Å²) >= 11 is 0. The van der Waals surface area contributed by atoms with Gasteiger partial charge in [0.1, 0.15) is 0 Å². The monoisotopic (exact) mass is 431 g/mol. The largest absolute Gasteiger partial charge is 0.493 e. The number of carbonyl (C=O) groups is 2. The fraction of sp³-hybridized carbons (Fsp3) is 0.160. The molecule has 0 atom stereocenters. The Bertz CT molecular complexity index is 1170. The normalized spacial score (nSPS) is 10.9. The number of hydrazone groups is 1. The number of nitrogens with zero attached hydrogens (tertiary/aromatic N) is 1. The fourth-order valence-corrected chi connectivity index (χ4v) is 3.09. The van der Waals surface area contributed by atoms with E-state index < -0.39 is 5.91 Å². The summed E-state index contributed by atoms with van der Waals surface area (Å²) < 4.78 is 10.5. The molecule has 2 N–H and O–H groups in total. The van der Waals surface area contributed by atoms with Crippen LogP contribution in [0.4, 0.5) is 5.69 Å². The van der Waals surface area contributed by atoms with Crippen LogP contribution in [0.25, 0.3) is 0 Å². The predicted molar refractivity (Wildman–Crippen MR) is 125 cm³/mol. The summed E-state index contributed by atoms with van der Waals surface area (Å²) in [5.41, 5.74) is 6.29. The van der Waals surface area contributed by atoms with Crippen molar-refractivity contribution < 1.29 is 19.1 Å². The summed E-state index contributed by atoms with van der Waals surface area (Å²) in [5, 5.41) is 6.98. The van der Waals surface area contributed by atoms with E-state index in [1.54, 1.807) is 42.5 Å². The first kappa shape index (κ1) is 22.6. The number of aryl methyl sites for hydroxylation is 1. The maximum absolute atomic E-state index is 12.8. The highest BCUT2D eigenvalue weighted by molar-refractivity contribution is 6.09. The van der Waals surface area contributed by atoms with Crippen molar-refractivity contribution in [3.63, 3.8) is 0 Å². The van der Waals surface area contributed by atoms with Gasteiger partial charge in [0.25, 0.3) is 11.8 Å². The lowest BCUT2D eigenvalue weighted by Gasteiger charge is -2.12. The number of methoxy groups -OCH3 is 2. The Labute approximate surface area is 187 Å². The number of benzene rings is 3. The molecule has 0 saturated carbocycles. The minimum Gasteiger partial charge on any atom is -0.493 e. The van der Waals surface area contributed by atoms with Gasteiger partial charge in [-0.05, 0) is 49.7 Å². The molecule has 0 spiro atoms. The molecule has 3 aromatic carbocycles. The third-order valence-corrected chi connectivity index (χ3v) is 4.83. The summed E-state index contributed by atoms with van der Waals surface area (Å²) in [6.07, 6.45) is 0. The van der Waals surface area contributed by atoms with Crippen molar-refractivity contribution in [2.24, 2.45) is 5.10 Å². The highest BCUT2D eigenvalue weighted by Crippen LogP contribution is 2.28. The first-order chi connectivity index (χ1) is 15.4. The third-order valence-electron chi connectivity index (χ3n) is 4.83. The van der Waals surface area contributed by atoms with Gasteiger partial charge in [-0.15, -0.1) is 0 Å². The minimum atomic E-state index is -0.430. The maximum Gasteiger partial charge on any atom is 0.273 e. The molecule has 0 aliphatic rings. The zero-order chi connectivity index (χ0) is 23.1. The molecule has 3 aromatic rings. The van der Waals surface area contributed by atoms with Crippen molar-refractivity contribution in [2.75, 3.05) is 19.5 Å². The van der Waals surface area contributed by atoms with Crippen LogP contribution in [0.15, 0.2) is 71.8 Å². The Morgan fingerprint density at radius 2 is 1.56 bits per heavy atom. The van der Waals surface area contributed by atoms with Crippen LogP contribution >= 0.6 is 0 Å². The first-order valence-corrected chi connectivity index (χ1v) is 9.97. The second kappa shape index (κ2) is 10.3. The quantitative estimate of drug-likeness (QED) is 0.428. The predicted octanol–water partition coefficient (Wildman–Crippen LogP) is 4.42. The van der Waals surface area contributed by atoms with Gasteiger partial charge >= 0.3 is 0 Å². The average Bonchev–Trinajstić information content (AvgIpc) is 2.82. The molecule has 7 heteroatoms. The highest BCUT2D eigenvalue weighted by Gasteiger charge is 2.15. The molecule has 0 aliphatic carbocycles. The highest BCUT2D eigenvalue weighted by atomic mass is 16.5. The molecule has 3 rings (SSSR count). The number of rotatable bonds is 7. The van der Waals surface area contributed by atoms with Gasteiger partial charge in [-0.1, -0.05) is 42.0 Å². The Morgan fingerprint density at radius 3 is 2.28 bits per heavy atom. The van der Waals surface area contributed by atoms with E-state index in [2.05, 4.69) is 15.8 Å². The molecule has 0 bridgehead atoms. The molecule has 0 fully saturated rings. The van der Waals surface area contributed by atoms with Gasteiger partial charge in [0.15, 0.2) is 11.5 Å². The summed E-state index contributed by atoms with van der Waals surface area (Å²) in [5.74, 6) is 0.142. The van der Waals surface area contributed by atoms with E-state index in [0.29, 0.717) is 34.0 Å². The molecule has 0 saturated heterocycles. The van der Waals surface area contributed by atoms with E-state index in [1.165, 1.54) is 14.2 Å². The van der Waals surface area contributed by atoms with Crippen LogP contribution < -0.4 is 20.2 Å². The Balaban J connectivity index is 1.77. The Kier molecular flexibility index (Phi) is 7.23. The zero-order valence-electron chi connectivity index (χ0n) is 18.4. The van der Waals surface area contributed by atoms with Crippen molar-refractivity contribution in [3.05, 3.63) is 89.0 Å². The second-order valence-corrected chi connectivity index (χ2v) is 7.08. The van der Waals surface area contributed by atoms with Crippen LogP contribution in [0.2, 0.25) is 0 Å². The Hall–Kier alpha value is -4.13. The molecular formula is C25H25N3O4. The van der Waals surface area contributed by atoms with Crippen molar-refractivity contribution in [1.29, 1.82) is 0 Å². The summed E-state index contributed by atoms with van der Waals surface area (Å²) in [7, 11) is 3.02. The third kappa shape index (κ3) is 5.31. The van der Waals surface area contributed by atoms with Crippen LogP contribution in [-0.4, -0.2) is 31.7 Å².